The number of aromatic amines is 1. The molecule has 5 rings (SSSR count). The number of rotatable bonds is 5. The van der Waals surface area contributed by atoms with Crippen LogP contribution in [0.4, 0.5) is 5.69 Å². The second-order valence-electron chi connectivity index (χ2n) is 9.90. The van der Waals surface area contributed by atoms with Gasteiger partial charge < -0.3 is 24.6 Å². The standard InChI is InChI=1S/C25H30ClN5O3.C2H6/c1-25(2,14-32)23(33)31-10-7-17(8-11-31)34-24-27-19-13-18(26)21(28-22(19)29-24)16-4-5-20-15(12-16)6-9-30(20)3;1-2/h4-5,12-13,17,32H,6-11,14H2,1-3H3,(H,27,28,29);1-2H3. The smallest absolute Gasteiger partial charge is 0.296 e. The van der Waals surface area contributed by atoms with E-state index in [1.165, 1.54) is 11.3 Å². The minimum absolute atomic E-state index is 0.0261. The van der Waals surface area contributed by atoms with E-state index in [-0.39, 0.29) is 18.6 Å². The van der Waals surface area contributed by atoms with E-state index >= 15 is 0 Å². The lowest BCUT2D eigenvalue weighted by molar-refractivity contribution is -0.144. The average Bonchev–Trinajstić information content (AvgIpc) is 3.46. The molecule has 1 aromatic carbocycles. The van der Waals surface area contributed by atoms with Crippen LogP contribution in [0.5, 0.6) is 6.01 Å². The first-order chi connectivity index (χ1) is 17.2. The van der Waals surface area contributed by atoms with Gasteiger partial charge in [-0.05, 0) is 44.0 Å². The number of pyridine rings is 1. The molecule has 0 bridgehead atoms. The number of aromatic nitrogens is 3. The number of aliphatic hydroxyl groups is 1. The van der Waals surface area contributed by atoms with Gasteiger partial charge in [-0.2, -0.15) is 4.98 Å². The highest BCUT2D eigenvalue weighted by Gasteiger charge is 2.34. The van der Waals surface area contributed by atoms with Crippen molar-refractivity contribution < 1.29 is 14.6 Å². The molecule has 0 aliphatic carbocycles. The second-order valence-corrected chi connectivity index (χ2v) is 10.3. The number of hydrogen-bond donors (Lipinski definition) is 2. The molecular formula is C27H36ClN5O3. The molecule has 1 amide bonds. The summed E-state index contributed by atoms with van der Waals surface area (Å²) in [4.78, 5) is 29.1. The monoisotopic (exact) mass is 513 g/mol. The van der Waals surface area contributed by atoms with Gasteiger partial charge in [0.1, 0.15) is 6.10 Å². The van der Waals surface area contributed by atoms with Crippen LogP contribution in [0.2, 0.25) is 5.02 Å². The molecule has 36 heavy (non-hydrogen) atoms. The largest absolute Gasteiger partial charge is 0.461 e. The molecule has 1 fully saturated rings. The summed E-state index contributed by atoms with van der Waals surface area (Å²) in [5.74, 6) is -0.0261. The third-order valence-electron chi connectivity index (χ3n) is 6.87. The zero-order chi connectivity index (χ0) is 26.0. The molecule has 2 aromatic heterocycles. The fraction of sp³-hybridized carbons (Fsp3) is 0.519. The summed E-state index contributed by atoms with van der Waals surface area (Å²) < 4.78 is 6.10. The third-order valence-corrected chi connectivity index (χ3v) is 7.16. The van der Waals surface area contributed by atoms with Crippen molar-refractivity contribution in [3.63, 3.8) is 0 Å². The highest BCUT2D eigenvalue weighted by molar-refractivity contribution is 6.33. The molecule has 194 valence electrons. The van der Waals surface area contributed by atoms with E-state index in [9.17, 15) is 9.90 Å². The summed E-state index contributed by atoms with van der Waals surface area (Å²) in [6.45, 7) is 9.57. The molecule has 0 spiro atoms. The van der Waals surface area contributed by atoms with Crippen LogP contribution in [-0.4, -0.2) is 70.3 Å². The van der Waals surface area contributed by atoms with Gasteiger partial charge in [0.15, 0.2) is 5.65 Å². The van der Waals surface area contributed by atoms with Crippen LogP contribution in [0.3, 0.4) is 0 Å². The number of aliphatic hydroxyl groups excluding tert-OH is 1. The van der Waals surface area contributed by atoms with Gasteiger partial charge >= 0.3 is 0 Å². The van der Waals surface area contributed by atoms with Crippen LogP contribution in [0.15, 0.2) is 24.3 Å². The van der Waals surface area contributed by atoms with Crippen molar-refractivity contribution in [1.29, 1.82) is 0 Å². The summed E-state index contributed by atoms with van der Waals surface area (Å²) in [7, 11) is 2.10. The van der Waals surface area contributed by atoms with Crippen LogP contribution >= 0.6 is 11.6 Å². The number of fused-ring (bicyclic) bond motifs is 2. The van der Waals surface area contributed by atoms with Crippen LogP contribution in [-0.2, 0) is 11.2 Å². The number of halogens is 1. The Bertz CT molecular complexity index is 1230. The molecule has 2 N–H and O–H groups in total. The zero-order valence-corrected chi connectivity index (χ0v) is 22.5. The molecule has 0 radical (unpaired) electrons. The SMILES string of the molecule is CC.CN1CCc2cc(-c3nc4nc(OC5CCN(C(=O)C(C)(C)CO)CC5)[nH]c4cc3Cl)ccc21. The Morgan fingerprint density at radius 2 is 1.92 bits per heavy atom. The lowest BCUT2D eigenvalue weighted by atomic mass is 9.91. The summed E-state index contributed by atoms with van der Waals surface area (Å²) in [6, 6.07) is 8.59. The van der Waals surface area contributed by atoms with Crippen LogP contribution in [0.1, 0.15) is 46.1 Å². The number of likely N-dealkylation sites (N-methyl/N-ethyl adjacent to an activating group) is 1. The maximum atomic E-state index is 12.6. The van der Waals surface area contributed by atoms with E-state index in [0.717, 1.165) is 24.0 Å². The van der Waals surface area contributed by atoms with Crippen LogP contribution < -0.4 is 9.64 Å². The van der Waals surface area contributed by atoms with E-state index in [2.05, 4.69) is 40.1 Å². The average molecular weight is 514 g/mol. The van der Waals surface area contributed by atoms with Crippen molar-refractivity contribution in [3.8, 4) is 17.3 Å². The number of piperidine rings is 1. The highest BCUT2D eigenvalue weighted by atomic mass is 35.5. The molecule has 0 saturated carbocycles. The first-order valence-electron chi connectivity index (χ1n) is 12.7. The van der Waals surface area contributed by atoms with Gasteiger partial charge in [-0.15, -0.1) is 0 Å². The number of anilines is 1. The predicted molar refractivity (Wildman–Crippen MR) is 144 cm³/mol. The van der Waals surface area contributed by atoms with Crippen molar-refractivity contribution in [1.82, 2.24) is 19.9 Å². The number of likely N-dealkylation sites (tertiary alicyclic amines) is 1. The number of nitrogens with zero attached hydrogens (tertiary/aromatic N) is 4. The van der Waals surface area contributed by atoms with E-state index in [1.54, 1.807) is 18.7 Å². The van der Waals surface area contributed by atoms with E-state index in [4.69, 9.17) is 21.3 Å². The zero-order valence-electron chi connectivity index (χ0n) is 21.8. The van der Waals surface area contributed by atoms with Gasteiger partial charge in [-0.1, -0.05) is 31.5 Å². The quantitative estimate of drug-likeness (QED) is 0.514. The number of amides is 1. The molecule has 2 aliphatic heterocycles. The van der Waals surface area contributed by atoms with Gasteiger partial charge in [-0.25, -0.2) is 4.98 Å². The second kappa shape index (κ2) is 10.6. The summed E-state index contributed by atoms with van der Waals surface area (Å²) in [5, 5.41) is 10.0. The Morgan fingerprint density at radius 1 is 1.19 bits per heavy atom. The third kappa shape index (κ3) is 5.15. The number of ether oxygens (including phenoxy) is 1. The number of benzene rings is 1. The minimum Gasteiger partial charge on any atom is -0.461 e. The van der Waals surface area contributed by atoms with Crippen molar-refractivity contribution in [2.45, 2.75) is 53.1 Å². The lowest BCUT2D eigenvalue weighted by Crippen LogP contribution is -2.48. The van der Waals surface area contributed by atoms with Gasteiger partial charge in [0.25, 0.3) is 6.01 Å². The van der Waals surface area contributed by atoms with Gasteiger partial charge in [0.05, 0.1) is 28.3 Å². The highest BCUT2D eigenvalue weighted by Crippen LogP contribution is 2.35. The Kier molecular flexibility index (Phi) is 7.76. The lowest BCUT2D eigenvalue weighted by Gasteiger charge is -2.36. The first kappa shape index (κ1) is 26.2. The Morgan fingerprint density at radius 3 is 2.61 bits per heavy atom. The molecule has 1 saturated heterocycles. The molecule has 8 nitrogen and oxygen atoms in total. The Hall–Kier alpha value is -2.84. The van der Waals surface area contributed by atoms with E-state index in [1.807, 2.05) is 19.9 Å². The number of carbonyl (C=O) groups is 1. The number of nitrogens with one attached hydrogen (secondary N) is 1. The fourth-order valence-electron chi connectivity index (χ4n) is 4.70. The van der Waals surface area contributed by atoms with Gasteiger partial charge in [0, 0.05) is 50.8 Å². The van der Waals surface area contributed by atoms with Crippen molar-refractivity contribution in [2.75, 3.05) is 38.2 Å². The summed E-state index contributed by atoms with van der Waals surface area (Å²) >= 11 is 6.60. The number of imidazole rings is 1. The molecule has 2 aliphatic rings. The fourth-order valence-corrected chi connectivity index (χ4v) is 4.96. The normalized spacial score (nSPS) is 16.1. The van der Waals surface area contributed by atoms with Crippen molar-refractivity contribution in [2.24, 2.45) is 5.41 Å². The number of carbonyl (C=O) groups excluding carboxylic acids is 1. The molecular weight excluding hydrogens is 478 g/mol. The summed E-state index contributed by atoms with van der Waals surface area (Å²) in [5.41, 5.74) is 4.77. The first-order valence-corrected chi connectivity index (χ1v) is 13.1. The minimum atomic E-state index is -0.760. The maximum absolute atomic E-state index is 12.6. The van der Waals surface area contributed by atoms with Crippen molar-refractivity contribution in [3.05, 3.63) is 34.9 Å². The summed E-state index contributed by atoms with van der Waals surface area (Å²) in [6.07, 6.45) is 2.37. The number of H-pyrrole nitrogens is 1. The molecule has 0 unspecified atom stereocenters. The van der Waals surface area contributed by atoms with Gasteiger partial charge in [-0.3, -0.25) is 4.79 Å². The maximum Gasteiger partial charge on any atom is 0.296 e. The van der Waals surface area contributed by atoms with Crippen molar-refractivity contribution >= 4 is 34.4 Å². The molecule has 3 aromatic rings. The van der Waals surface area contributed by atoms with Gasteiger partial charge in [0.2, 0.25) is 5.91 Å². The number of hydrogen-bond acceptors (Lipinski definition) is 6. The van der Waals surface area contributed by atoms with Crippen LogP contribution in [0.25, 0.3) is 22.4 Å². The molecule has 4 heterocycles. The van der Waals surface area contributed by atoms with E-state index in [0.29, 0.717) is 48.3 Å². The van der Waals surface area contributed by atoms with Crippen LogP contribution in [0, 0.1) is 5.41 Å². The topological polar surface area (TPSA) is 94.6 Å². The molecule has 0 atom stereocenters. The molecule has 9 heteroatoms. The predicted octanol–water partition coefficient (Wildman–Crippen LogP) is 4.69. The Labute approximate surface area is 217 Å². The Balaban J connectivity index is 0.00000148. The van der Waals surface area contributed by atoms with E-state index < -0.39 is 5.41 Å².